The first-order valence-electron chi connectivity index (χ1n) is 8.00. The van der Waals surface area contributed by atoms with Crippen molar-refractivity contribution in [2.75, 3.05) is 0 Å². The van der Waals surface area contributed by atoms with Crippen molar-refractivity contribution in [3.63, 3.8) is 0 Å². The Labute approximate surface area is 152 Å². The van der Waals surface area contributed by atoms with Crippen LogP contribution in [-0.2, 0) is 16.0 Å². The van der Waals surface area contributed by atoms with E-state index in [0.717, 1.165) is 21.2 Å². The van der Waals surface area contributed by atoms with Crippen molar-refractivity contribution < 1.29 is 9.53 Å². The third-order valence-corrected chi connectivity index (χ3v) is 4.00. The summed E-state index contributed by atoms with van der Waals surface area (Å²) in [6.07, 6.45) is 4.22. The highest BCUT2D eigenvalue weighted by Gasteiger charge is 2.32. The summed E-state index contributed by atoms with van der Waals surface area (Å²) in [5.74, 6) is -0.176. The molecule has 0 radical (unpaired) electrons. The minimum atomic E-state index is -0.582. The molecular formula is C20H24BrNO2. The molecule has 1 heterocycles. The molecule has 0 unspecified atom stereocenters. The van der Waals surface area contributed by atoms with Gasteiger partial charge in [-0.25, -0.2) is 0 Å². The van der Waals surface area contributed by atoms with Crippen LogP contribution in [0, 0.1) is 5.41 Å². The van der Waals surface area contributed by atoms with Crippen LogP contribution in [0.2, 0.25) is 0 Å². The molecule has 0 aliphatic rings. The maximum absolute atomic E-state index is 12.4. The molecule has 1 aromatic carbocycles. The standard InChI is InChI=1S/C20H24BrNO2/c1-19(2,3)24-18(23)20(4,5)11-14-7-6-8-15(9-14)16-10-17(21)13-22-12-16/h6-10,12-13H,11H2,1-5H3. The number of aromatic nitrogens is 1. The highest BCUT2D eigenvalue weighted by atomic mass is 79.9. The van der Waals surface area contributed by atoms with Crippen molar-refractivity contribution in [2.24, 2.45) is 5.41 Å². The molecule has 0 aliphatic carbocycles. The van der Waals surface area contributed by atoms with Crippen LogP contribution in [0.4, 0.5) is 0 Å². The Morgan fingerprint density at radius 3 is 2.42 bits per heavy atom. The van der Waals surface area contributed by atoms with Gasteiger partial charge in [0.2, 0.25) is 0 Å². The van der Waals surface area contributed by atoms with Crippen LogP contribution in [0.5, 0.6) is 0 Å². The van der Waals surface area contributed by atoms with Gasteiger partial charge in [0.25, 0.3) is 0 Å². The molecule has 128 valence electrons. The van der Waals surface area contributed by atoms with Crippen molar-refractivity contribution in [3.8, 4) is 11.1 Å². The second-order valence-corrected chi connectivity index (χ2v) is 8.57. The second kappa shape index (κ2) is 7.06. The second-order valence-electron chi connectivity index (χ2n) is 7.65. The van der Waals surface area contributed by atoms with Gasteiger partial charge < -0.3 is 4.74 Å². The number of pyridine rings is 1. The third kappa shape index (κ3) is 5.17. The molecule has 0 saturated heterocycles. The normalized spacial score (nSPS) is 12.1. The molecule has 0 saturated carbocycles. The van der Waals surface area contributed by atoms with E-state index in [4.69, 9.17) is 4.74 Å². The van der Waals surface area contributed by atoms with Crippen LogP contribution in [-0.4, -0.2) is 16.6 Å². The summed E-state index contributed by atoms with van der Waals surface area (Å²) in [6.45, 7) is 9.52. The highest BCUT2D eigenvalue weighted by molar-refractivity contribution is 9.10. The van der Waals surface area contributed by atoms with Gasteiger partial charge in [-0.1, -0.05) is 24.3 Å². The van der Waals surface area contributed by atoms with Crippen molar-refractivity contribution in [2.45, 2.75) is 46.6 Å². The molecule has 24 heavy (non-hydrogen) atoms. The number of benzene rings is 1. The predicted octanol–water partition coefficient (Wildman–Crippen LogP) is 5.42. The summed E-state index contributed by atoms with van der Waals surface area (Å²) in [5.41, 5.74) is 2.17. The lowest BCUT2D eigenvalue weighted by molar-refractivity contribution is -0.165. The topological polar surface area (TPSA) is 39.2 Å². The third-order valence-electron chi connectivity index (χ3n) is 3.56. The van der Waals surface area contributed by atoms with Gasteiger partial charge in [0.1, 0.15) is 5.60 Å². The van der Waals surface area contributed by atoms with E-state index in [2.05, 4.69) is 27.0 Å². The Hall–Kier alpha value is -1.68. The molecule has 0 aliphatic heterocycles. The Balaban J connectivity index is 2.21. The van der Waals surface area contributed by atoms with E-state index >= 15 is 0 Å². The first kappa shape index (κ1) is 18.7. The maximum Gasteiger partial charge on any atom is 0.312 e. The summed E-state index contributed by atoms with van der Waals surface area (Å²) >= 11 is 3.45. The van der Waals surface area contributed by atoms with Gasteiger partial charge in [-0.15, -0.1) is 0 Å². The Morgan fingerprint density at radius 2 is 1.79 bits per heavy atom. The van der Waals surface area contributed by atoms with Gasteiger partial charge in [0, 0.05) is 22.4 Å². The monoisotopic (exact) mass is 389 g/mol. The molecule has 0 N–H and O–H groups in total. The summed E-state index contributed by atoms with van der Waals surface area (Å²) in [5, 5.41) is 0. The summed E-state index contributed by atoms with van der Waals surface area (Å²) in [6, 6.07) is 10.2. The molecule has 3 nitrogen and oxygen atoms in total. The zero-order chi connectivity index (χ0) is 18.0. The van der Waals surface area contributed by atoms with Gasteiger partial charge in [0.15, 0.2) is 0 Å². The molecule has 1 aromatic heterocycles. The lowest BCUT2D eigenvalue weighted by Gasteiger charge is -2.28. The minimum Gasteiger partial charge on any atom is -0.460 e. The molecule has 4 heteroatoms. The number of esters is 1. The molecule has 0 bridgehead atoms. The summed E-state index contributed by atoms with van der Waals surface area (Å²) < 4.78 is 6.49. The smallest absolute Gasteiger partial charge is 0.312 e. The average molecular weight is 390 g/mol. The van der Waals surface area contributed by atoms with Gasteiger partial charge in [-0.3, -0.25) is 9.78 Å². The first-order chi connectivity index (χ1) is 11.1. The minimum absolute atomic E-state index is 0.176. The summed E-state index contributed by atoms with van der Waals surface area (Å²) in [7, 11) is 0. The maximum atomic E-state index is 12.4. The molecule has 0 amide bonds. The number of hydrogen-bond acceptors (Lipinski definition) is 3. The van der Waals surface area contributed by atoms with Crippen molar-refractivity contribution in [3.05, 3.63) is 52.8 Å². The molecule has 0 spiro atoms. The average Bonchev–Trinajstić information content (AvgIpc) is 2.45. The number of hydrogen-bond donors (Lipinski definition) is 0. The fraction of sp³-hybridized carbons (Fsp3) is 0.400. The Kier molecular flexibility index (Phi) is 5.49. The Morgan fingerprint density at radius 1 is 1.08 bits per heavy atom. The zero-order valence-corrected chi connectivity index (χ0v) is 16.5. The van der Waals surface area contributed by atoms with Gasteiger partial charge in [0.05, 0.1) is 5.41 Å². The fourth-order valence-electron chi connectivity index (χ4n) is 2.43. The molecule has 2 rings (SSSR count). The molecule has 2 aromatic rings. The number of rotatable bonds is 4. The van der Waals surface area contributed by atoms with E-state index in [1.54, 1.807) is 6.20 Å². The summed E-state index contributed by atoms with van der Waals surface area (Å²) in [4.78, 5) is 16.7. The Bertz CT molecular complexity index is 732. The van der Waals surface area contributed by atoms with Crippen molar-refractivity contribution in [1.82, 2.24) is 4.98 Å². The number of carbonyl (C=O) groups excluding carboxylic acids is 1. The van der Waals surface area contributed by atoms with Crippen LogP contribution in [0.25, 0.3) is 11.1 Å². The lowest BCUT2D eigenvalue weighted by atomic mass is 9.85. The zero-order valence-electron chi connectivity index (χ0n) is 14.9. The lowest BCUT2D eigenvalue weighted by Crippen LogP contribution is -2.35. The van der Waals surface area contributed by atoms with Crippen LogP contribution in [0.3, 0.4) is 0 Å². The van der Waals surface area contributed by atoms with Crippen LogP contribution in [0.1, 0.15) is 40.2 Å². The highest BCUT2D eigenvalue weighted by Crippen LogP contribution is 2.29. The quantitative estimate of drug-likeness (QED) is 0.655. The van der Waals surface area contributed by atoms with Crippen LogP contribution in [0.15, 0.2) is 47.2 Å². The van der Waals surface area contributed by atoms with Gasteiger partial charge >= 0.3 is 5.97 Å². The number of ether oxygens (including phenoxy) is 1. The van der Waals surface area contributed by atoms with E-state index in [0.29, 0.717) is 6.42 Å². The first-order valence-corrected chi connectivity index (χ1v) is 8.79. The number of halogens is 1. The predicted molar refractivity (Wildman–Crippen MR) is 101 cm³/mol. The SMILES string of the molecule is CC(C)(C)OC(=O)C(C)(C)Cc1cccc(-c2cncc(Br)c2)c1. The molecule has 0 fully saturated rings. The van der Waals surface area contributed by atoms with E-state index in [1.807, 2.05) is 65.1 Å². The number of nitrogens with zero attached hydrogens (tertiary/aromatic N) is 1. The van der Waals surface area contributed by atoms with E-state index < -0.39 is 11.0 Å². The molecule has 0 atom stereocenters. The van der Waals surface area contributed by atoms with E-state index in [1.165, 1.54) is 0 Å². The van der Waals surface area contributed by atoms with Crippen molar-refractivity contribution in [1.29, 1.82) is 0 Å². The largest absolute Gasteiger partial charge is 0.460 e. The number of carbonyl (C=O) groups is 1. The van der Waals surface area contributed by atoms with Crippen LogP contribution >= 0.6 is 15.9 Å². The fourth-order valence-corrected chi connectivity index (χ4v) is 2.79. The van der Waals surface area contributed by atoms with E-state index in [9.17, 15) is 4.79 Å². The van der Waals surface area contributed by atoms with Gasteiger partial charge in [-0.05, 0) is 74.2 Å². The van der Waals surface area contributed by atoms with Gasteiger partial charge in [-0.2, -0.15) is 0 Å². The molecular weight excluding hydrogens is 366 g/mol. The van der Waals surface area contributed by atoms with E-state index in [-0.39, 0.29) is 5.97 Å². The van der Waals surface area contributed by atoms with Crippen molar-refractivity contribution >= 4 is 21.9 Å². The van der Waals surface area contributed by atoms with Crippen LogP contribution < -0.4 is 0 Å².